The van der Waals surface area contributed by atoms with Crippen LogP contribution in [0.5, 0.6) is 5.75 Å². The van der Waals surface area contributed by atoms with Crippen molar-refractivity contribution in [1.82, 2.24) is 20.6 Å². The van der Waals surface area contributed by atoms with Gasteiger partial charge in [0.05, 0.1) is 6.61 Å². The Kier molecular flexibility index (Phi) is 3.58. The zero-order valence-electron chi connectivity index (χ0n) is 8.15. The van der Waals surface area contributed by atoms with Gasteiger partial charge in [0, 0.05) is 16.5 Å². The molecule has 0 radical (unpaired) electrons. The summed E-state index contributed by atoms with van der Waals surface area (Å²) in [5.41, 5.74) is 0. The molecular formula is C9H8Cl2N4O. The third-order valence-corrected chi connectivity index (χ3v) is 2.26. The molecule has 1 aromatic carbocycles. The molecule has 1 aromatic heterocycles. The first kappa shape index (κ1) is 11.2. The van der Waals surface area contributed by atoms with Gasteiger partial charge in [0.15, 0.2) is 5.82 Å². The maximum atomic E-state index is 5.82. The molecule has 0 aliphatic rings. The van der Waals surface area contributed by atoms with E-state index in [1.165, 1.54) is 0 Å². The van der Waals surface area contributed by atoms with E-state index in [4.69, 9.17) is 27.9 Å². The minimum Gasteiger partial charge on any atom is -0.493 e. The summed E-state index contributed by atoms with van der Waals surface area (Å²) in [7, 11) is 0. The Morgan fingerprint density at radius 3 is 2.56 bits per heavy atom. The van der Waals surface area contributed by atoms with Crippen molar-refractivity contribution < 1.29 is 4.74 Å². The first-order chi connectivity index (χ1) is 7.74. The van der Waals surface area contributed by atoms with Crippen molar-refractivity contribution in [2.45, 2.75) is 6.42 Å². The highest BCUT2D eigenvalue weighted by Crippen LogP contribution is 2.24. The van der Waals surface area contributed by atoms with E-state index >= 15 is 0 Å². The molecule has 0 aliphatic carbocycles. The predicted molar refractivity (Wildman–Crippen MR) is 59.8 cm³/mol. The molecule has 0 amide bonds. The van der Waals surface area contributed by atoms with Gasteiger partial charge in [-0.25, -0.2) is 0 Å². The van der Waals surface area contributed by atoms with Gasteiger partial charge in [-0.1, -0.05) is 28.4 Å². The van der Waals surface area contributed by atoms with Gasteiger partial charge in [0.2, 0.25) is 0 Å². The maximum Gasteiger partial charge on any atom is 0.177 e. The van der Waals surface area contributed by atoms with E-state index in [0.29, 0.717) is 34.6 Å². The van der Waals surface area contributed by atoms with Gasteiger partial charge in [-0.2, -0.15) is 5.21 Å². The van der Waals surface area contributed by atoms with E-state index in [1.807, 2.05) is 0 Å². The number of benzene rings is 1. The number of nitrogens with zero attached hydrogens (tertiary/aromatic N) is 3. The smallest absolute Gasteiger partial charge is 0.177 e. The Labute approximate surface area is 102 Å². The van der Waals surface area contributed by atoms with Crippen LogP contribution >= 0.6 is 23.2 Å². The molecule has 16 heavy (non-hydrogen) atoms. The van der Waals surface area contributed by atoms with E-state index in [9.17, 15) is 0 Å². The van der Waals surface area contributed by atoms with Crippen LogP contribution in [-0.2, 0) is 6.42 Å². The van der Waals surface area contributed by atoms with Crippen LogP contribution in [0.25, 0.3) is 0 Å². The summed E-state index contributed by atoms with van der Waals surface area (Å²) < 4.78 is 5.45. The summed E-state index contributed by atoms with van der Waals surface area (Å²) in [5, 5.41) is 14.5. The van der Waals surface area contributed by atoms with Crippen LogP contribution in [0.1, 0.15) is 5.82 Å². The first-order valence-corrected chi connectivity index (χ1v) is 5.31. The molecule has 0 saturated heterocycles. The molecule has 0 unspecified atom stereocenters. The van der Waals surface area contributed by atoms with E-state index in [-0.39, 0.29) is 0 Å². The largest absolute Gasteiger partial charge is 0.493 e. The van der Waals surface area contributed by atoms with Gasteiger partial charge in [0.1, 0.15) is 5.75 Å². The molecule has 2 aromatic rings. The fourth-order valence-electron chi connectivity index (χ4n) is 1.16. The zero-order valence-corrected chi connectivity index (χ0v) is 9.66. The van der Waals surface area contributed by atoms with E-state index < -0.39 is 0 Å². The fraction of sp³-hybridized carbons (Fsp3) is 0.222. The van der Waals surface area contributed by atoms with Crippen LogP contribution in [0.3, 0.4) is 0 Å². The van der Waals surface area contributed by atoms with Crippen LogP contribution in [-0.4, -0.2) is 27.2 Å². The lowest BCUT2D eigenvalue weighted by Gasteiger charge is -2.05. The Bertz CT molecular complexity index is 440. The highest BCUT2D eigenvalue weighted by atomic mass is 35.5. The number of H-pyrrole nitrogens is 1. The van der Waals surface area contributed by atoms with E-state index in [1.54, 1.807) is 18.2 Å². The molecule has 0 bridgehead atoms. The van der Waals surface area contributed by atoms with E-state index in [0.717, 1.165) is 0 Å². The first-order valence-electron chi connectivity index (χ1n) is 4.55. The van der Waals surface area contributed by atoms with Crippen LogP contribution < -0.4 is 4.74 Å². The number of ether oxygens (including phenoxy) is 1. The summed E-state index contributed by atoms with van der Waals surface area (Å²) in [4.78, 5) is 0. The molecule has 84 valence electrons. The molecule has 7 heteroatoms. The summed E-state index contributed by atoms with van der Waals surface area (Å²) in [6.45, 7) is 0.441. The number of tetrazole rings is 1. The molecule has 0 atom stereocenters. The second kappa shape index (κ2) is 5.14. The predicted octanol–water partition coefficient (Wildman–Crippen LogP) is 2.13. The molecule has 0 saturated carbocycles. The quantitative estimate of drug-likeness (QED) is 0.913. The van der Waals surface area contributed by atoms with Crippen LogP contribution in [0.15, 0.2) is 18.2 Å². The van der Waals surface area contributed by atoms with Gasteiger partial charge < -0.3 is 4.74 Å². The Morgan fingerprint density at radius 2 is 1.94 bits per heavy atom. The second-order valence-electron chi connectivity index (χ2n) is 3.03. The molecule has 0 spiro atoms. The second-order valence-corrected chi connectivity index (χ2v) is 3.90. The van der Waals surface area contributed by atoms with Crippen molar-refractivity contribution in [2.75, 3.05) is 6.61 Å². The average molecular weight is 259 g/mol. The summed E-state index contributed by atoms with van der Waals surface area (Å²) in [5.74, 6) is 1.23. The lowest BCUT2D eigenvalue weighted by molar-refractivity contribution is 0.319. The molecular weight excluding hydrogens is 251 g/mol. The number of halogens is 2. The number of aromatic nitrogens is 4. The van der Waals surface area contributed by atoms with Gasteiger partial charge in [-0.15, -0.1) is 10.2 Å². The molecule has 5 nitrogen and oxygen atoms in total. The third kappa shape index (κ3) is 3.08. The summed E-state index contributed by atoms with van der Waals surface area (Å²) in [6, 6.07) is 5.04. The zero-order chi connectivity index (χ0) is 11.4. The van der Waals surface area contributed by atoms with Gasteiger partial charge in [0.25, 0.3) is 0 Å². The lowest BCUT2D eigenvalue weighted by atomic mass is 10.3. The average Bonchev–Trinajstić information content (AvgIpc) is 2.69. The minimum absolute atomic E-state index is 0.441. The van der Waals surface area contributed by atoms with Crippen molar-refractivity contribution in [3.05, 3.63) is 34.1 Å². The SMILES string of the molecule is Clc1cc(Cl)cc(OCCc2nn[nH]n2)c1. The van der Waals surface area contributed by atoms with E-state index in [2.05, 4.69) is 20.6 Å². The third-order valence-electron chi connectivity index (χ3n) is 1.82. The number of hydrogen-bond acceptors (Lipinski definition) is 4. The van der Waals surface area contributed by atoms with Crippen molar-refractivity contribution in [3.63, 3.8) is 0 Å². The van der Waals surface area contributed by atoms with Gasteiger partial charge >= 0.3 is 0 Å². The topological polar surface area (TPSA) is 63.7 Å². The van der Waals surface area contributed by atoms with Crippen molar-refractivity contribution in [3.8, 4) is 5.75 Å². The molecule has 0 aliphatic heterocycles. The summed E-state index contributed by atoms with van der Waals surface area (Å²) >= 11 is 11.6. The number of hydrogen-bond donors (Lipinski definition) is 1. The van der Waals surface area contributed by atoms with Crippen molar-refractivity contribution >= 4 is 23.2 Å². The number of aromatic amines is 1. The minimum atomic E-state index is 0.441. The van der Waals surface area contributed by atoms with Gasteiger partial charge in [-0.3, -0.25) is 0 Å². The van der Waals surface area contributed by atoms with Gasteiger partial charge in [-0.05, 0) is 18.2 Å². The van der Waals surface area contributed by atoms with Crippen LogP contribution in [0, 0.1) is 0 Å². The highest BCUT2D eigenvalue weighted by Gasteiger charge is 2.01. The standard InChI is InChI=1S/C9H8Cl2N4O/c10-6-3-7(11)5-8(4-6)16-2-1-9-12-14-15-13-9/h3-5H,1-2H2,(H,12,13,14,15). The van der Waals surface area contributed by atoms with Crippen LogP contribution in [0.4, 0.5) is 0 Å². The Hall–Kier alpha value is -1.33. The molecule has 1 heterocycles. The van der Waals surface area contributed by atoms with Crippen molar-refractivity contribution in [1.29, 1.82) is 0 Å². The highest BCUT2D eigenvalue weighted by molar-refractivity contribution is 6.34. The van der Waals surface area contributed by atoms with Crippen LogP contribution in [0.2, 0.25) is 10.0 Å². The Balaban J connectivity index is 1.89. The fourth-order valence-corrected chi connectivity index (χ4v) is 1.67. The van der Waals surface area contributed by atoms with Crippen molar-refractivity contribution in [2.24, 2.45) is 0 Å². The molecule has 2 rings (SSSR count). The molecule has 1 N–H and O–H groups in total. The lowest BCUT2D eigenvalue weighted by Crippen LogP contribution is -2.02. The normalized spacial score (nSPS) is 10.4. The summed E-state index contributed by atoms with van der Waals surface area (Å²) in [6.07, 6.45) is 0.570. The number of rotatable bonds is 4. The maximum absolute atomic E-state index is 5.82. The Morgan fingerprint density at radius 1 is 1.19 bits per heavy atom. The monoisotopic (exact) mass is 258 g/mol. The molecule has 0 fully saturated rings. The number of nitrogens with one attached hydrogen (secondary N) is 1.